The second kappa shape index (κ2) is 5.99. The lowest BCUT2D eigenvalue weighted by atomic mass is 9.92. The van der Waals surface area contributed by atoms with E-state index in [-0.39, 0.29) is 5.41 Å². The minimum absolute atomic E-state index is 0.116. The summed E-state index contributed by atoms with van der Waals surface area (Å²) in [6, 6.07) is 16.1. The van der Waals surface area contributed by atoms with Gasteiger partial charge in [-0.15, -0.1) is 0 Å². The Balaban J connectivity index is 1.96. The van der Waals surface area contributed by atoms with Gasteiger partial charge in [-0.2, -0.15) is 5.10 Å². The molecule has 0 aliphatic carbocycles. The Labute approximate surface area is 157 Å². The third-order valence-electron chi connectivity index (χ3n) is 4.41. The molecule has 26 heavy (non-hydrogen) atoms. The lowest BCUT2D eigenvalue weighted by molar-refractivity contribution is 0.563. The summed E-state index contributed by atoms with van der Waals surface area (Å²) in [5.74, 6) is 0.797. The van der Waals surface area contributed by atoms with E-state index in [1.165, 1.54) is 5.56 Å². The minimum atomic E-state index is -0.116. The Bertz CT molecular complexity index is 1080. The normalized spacial score (nSPS) is 12.0. The van der Waals surface area contributed by atoms with Crippen LogP contribution in [0.3, 0.4) is 0 Å². The zero-order valence-corrected chi connectivity index (χ0v) is 16.1. The number of nitrogens with one attached hydrogen (secondary N) is 1. The van der Waals surface area contributed by atoms with Crippen molar-refractivity contribution in [2.24, 2.45) is 0 Å². The van der Waals surface area contributed by atoms with Crippen LogP contribution in [0.25, 0.3) is 28.2 Å². The third-order valence-corrected chi connectivity index (χ3v) is 4.64. The molecule has 5 heteroatoms. The molecule has 4 rings (SSSR count). The highest BCUT2D eigenvalue weighted by atomic mass is 35.5. The lowest BCUT2D eigenvalue weighted by Gasteiger charge is -2.14. The van der Waals surface area contributed by atoms with Crippen molar-refractivity contribution >= 4 is 22.8 Å². The van der Waals surface area contributed by atoms with Crippen LogP contribution in [-0.4, -0.2) is 19.7 Å². The molecular formula is C21H21ClN4. The Morgan fingerprint density at radius 2 is 1.77 bits per heavy atom. The molecular weight excluding hydrogens is 344 g/mol. The van der Waals surface area contributed by atoms with Crippen LogP contribution >= 0.6 is 11.6 Å². The van der Waals surface area contributed by atoms with Gasteiger partial charge in [0.2, 0.25) is 0 Å². The van der Waals surface area contributed by atoms with Crippen LogP contribution in [0.15, 0.2) is 48.5 Å². The van der Waals surface area contributed by atoms with Crippen LogP contribution in [0, 0.1) is 6.92 Å². The molecule has 1 N–H and O–H groups in total. The molecule has 0 amide bonds. The summed E-state index contributed by atoms with van der Waals surface area (Å²) in [7, 11) is 0. The molecule has 0 atom stereocenters. The predicted octanol–water partition coefficient (Wildman–Crippen LogP) is 5.67. The predicted molar refractivity (Wildman–Crippen MR) is 107 cm³/mol. The average molecular weight is 365 g/mol. The van der Waals surface area contributed by atoms with Gasteiger partial charge in [-0.3, -0.25) is 0 Å². The number of fused-ring (bicyclic) bond motifs is 1. The van der Waals surface area contributed by atoms with E-state index in [1.807, 2.05) is 28.9 Å². The number of hydrogen-bond donors (Lipinski definition) is 1. The first-order valence-corrected chi connectivity index (χ1v) is 9.03. The van der Waals surface area contributed by atoms with E-state index in [9.17, 15) is 0 Å². The molecule has 0 fully saturated rings. The highest BCUT2D eigenvalue weighted by molar-refractivity contribution is 6.30. The number of hydrogen-bond acceptors (Lipinski definition) is 2. The fraction of sp³-hybridized carbons (Fsp3) is 0.238. The molecule has 0 unspecified atom stereocenters. The quantitative estimate of drug-likeness (QED) is 0.497. The van der Waals surface area contributed by atoms with Gasteiger partial charge in [-0.05, 0) is 31.2 Å². The summed E-state index contributed by atoms with van der Waals surface area (Å²) < 4.78 is 1.94. The van der Waals surface area contributed by atoms with Gasteiger partial charge in [-0.1, -0.05) is 62.2 Å². The molecule has 2 aromatic carbocycles. The average Bonchev–Trinajstić information content (AvgIpc) is 3.14. The Morgan fingerprint density at radius 3 is 2.42 bits per heavy atom. The van der Waals surface area contributed by atoms with Crippen LogP contribution in [0.2, 0.25) is 5.02 Å². The number of aromatic amines is 1. The fourth-order valence-corrected chi connectivity index (χ4v) is 3.22. The van der Waals surface area contributed by atoms with E-state index in [0.717, 1.165) is 33.9 Å². The van der Waals surface area contributed by atoms with Crippen molar-refractivity contribution in [1.82, 2.24) is 19.7 Å². The van der Waals surface area contributed by atoms with Crippen molar-refractivity contribution in [1.29, 1.82) is 0 Å². The Hall–Kier alpha value is -2.59. The van der Waals surface area contributed by atoms with E-state index >= 15 is 0 Å². The highest BCUT2D eigenvalue weighted by Gasteiger charge is 2.26. The maximum atomic E-state index is 6.15. The molecule has 0 radical (unpaired) electrons. The van der Waals surface area contributed by atoms with Gasteiger partial charge in [0, 0.05) is 16.0 Å². The third kappa shape index (κ3) is 2.90. The van der Waals surface area contributed by atoms with Crippen molar-refractivity contribution < 1.29 is 0 Å². The van der Waals surface area contributed by atoms with Gasteiger partial charge >= 0.3 is 0 Å². The van der Waals surface area contributed by atoms with Crippen LogP contribution in [-0.2, 0) is 5.41 Å². The van der Waals surface area contributed by atoms with E-state index < -0.39 is 0 Å². The summed E-state index contributed by atoms with van der Waals surface area (Å²) in [6.45, 7) is 8.54. The highest BCUT2D eigenvalue weighted by Crippen LogP contribution is 2.32. The summed E-state index contributed by atoms with van der Waals surface area (Å²) in [5, 5.41) is 5.56. The largest absolute Gasteiger partial charge is 0.322 e. The van der Waals surface area contributed by atoms with Gasteiger partial charge in [-0.25, -0.2) is 9.67 Å². The number of imidazole rings is 1. The fourth-order valence-electron chi connectivity index (χ4n) is 3.03. The van der Waals surface area contributed by atoms with Gasteiger partial charge < -0.3 is 4.98 Å². The molecule has 4 nitrogen and oxygen atoms in total. The van der Waals surface area contributed by atoms with Crippen molar-refractivity contribution in [2.75, 3.05) is 0 Å². The van der Waals surface area contributed by atoms with Crippen LogP contribution in [0.5, 0.6) is 0 Å². The van der Waals surface area contributed by atoms with Gasteiger partial charge in [0.05, 0.1) is 11.4 Å². The second-order valence-corrected chi connectivity index (χ2v) is 8.08. The molecule has 0 saturated carbocycles. The molecule has 0 spiro atoms. The first-order valence-electron chi connectivity index (χ1n) is 8.65. The Kier molecular flexibility index (Phi) is 3.88. The molecule has 0 saturated heterocycles. The standard InChI is InChI=1S/C21H21ClN4/c1-13-8-10-16(11-9-13)26-20-17(18(25-26)21(2,3)4)23-19(24-20)14-6-5-7-15(22)12-14/h5-12H,1-4H3,(H,23,24). The molecule has 4 aromatic rings. The topological polar surface area (TPSA) is 46.5 Å². The second-order valence-electron chi connectivity index (χ2n) is 7.64. The van der Waals surface area contributed by atoms with Crippen LogP contribution in [0.4, 0.5) is 0 Å². The smallest absolute Gasteiger partial charge is 0.161 e. The van der Waals surface area contributed by atoms with E-state index in [2.05, 4.69) is 56.9 Å². The number of H-pyrrole nitrogens is 1. The van der Waals surface area contributed by atoms with Crippen molar-refractivity contribution in [2.45, 2.75) is 33.1 Å². The van der Waals surface area contributed by atoms with Gasteiger partial charge in [0.15, 0.2) is 5.65 Å². The minimum Gasteiger partial charge on any atom is -0.322 e. The Morgan fingerprint density at radius 1 is 1.04 bits per heavy atom. The maximum absolute atomic E-state index is 6.15. The van der Waals surface area contributed by atoms with Crippen LogP contribution in [0.1, 0.15) is 32.0 Å². The monoisotopic (exact) mass is 364 g/mol. The molecule has 0 bridgehead atoms. The number of rotatable bonds is 2. The zero-order valence-electron chi connectivity index (χ0n) is 15.3. The summed E-state index contributed by atoms with van der Waals surface area (Å²) in [5.41, 5.74) is 5.84. The first kappa shape index (κ1) is 16.9. The van der Waals surface area contributed by atoms with E-state index in [1.54, 1.807) is 0 Å². The van der Waals surface area contributed by atoms with E-state index in [0.29, 0.717) is 5.02 Å². The van der Waals surface area contributed by atoms with Gasteiger partial charge in [0.25, 0.3) is 0 Å². The van der Waals surface area contributed by atoms with Crippen LogP contribution < -0.4 is 0 Å². The lowest BCUT2D eigenvalue weighted by Crippen LogP contribution is -2.13. The number of halogens is 1. The molecule has 0 aliphatic rings. The number of nitrogens with zero attached hydrogens (tertiary/aromatic N) is 3. The van der Waals surface area contributed by atoms with Crippen molar-refractivity contribution in [3.8, 4) is 17.1 Å². The molecule has 2 aromatic heterocycles. The number of aromatic nitrogens is 4. The number of benzene rings is 2. The van der Waals surface area contributed by atoms with Crippen molar-refractivity contribution in [3.63, 3.8) is 0 Å². The van der Waals surface area contributed by atoms with Gasteiger partial charge in [0.1, 0.15) is 11.3 Å². The number of aryl methyl sites for hydroxylation is 1. The maximum Gasteiger partial charge on any atom is 0.161 e. The summed E-state index contributed by atoms with van der Waals surface area (Å²) >= 11 is 6.15. The summed E-state index contributed by atoms with van der Waals surface area (Å²) in [4.78, 5) is 8.30. The first-order chi connectivity index (χ1) is 12.3. The molecule has 132 valence electrons. The summed E-state index contributed by atoms with van der Waals surface area (Å²) in [6.07, 6.45) is 0. The molecule has 2 heterocycles. The molecule has 0 aliphatic heterocycles. The van der Waals surface area contributed by atoms with Crippen molar-refractivity contribution in [3.05, 3.63) is 64.8 Å². The van der Waals surface area contributed by atoms with E-state index in [4.69, 9.17) is 21.7 Å². The zero-order chi connectivity index (χ0) is 18.5. The SMILES string of the molecule is Cc1ccc(-n2nc(C(C)(C)C)c3nc(-c4cccc(Cl)c4)[nH]c32)cc1.